The zero-order chi connectivity index (χ0) is 11.4. The van der Waals surface area contributed by atoms with Crippen molar-refractivity contribution in [2.24, 2.45) is 5.92 Å². The Morgan fingerprint density at radius 2 is 2.00 bits per heavy atom. The number of benzene rings is 1. The summed E-state index contributed by atoms with van der Waals surface area (Å²) in [5.41, 5.74) is 3.15. The van der Waals surface area contributed by atoms with Crippen molar-refractivity contribution in [2.45, 2.75) is 40.5 Å². The first-order chi connectivity index (χ1) is 7.06. The average Bonchev–Trinajstić information content (AvgIpc) is 2.21. The van der Waals surface area contributed by atoms with E-state index >= 15 is 0 Å². The first-order valence-electron chi connectivity index (χ1n) is 5.67. The van der Waals surface area contributed by atoms with E-state index in [1.165, 1.54) is 0 Å². The van der Waals surface area contributed by atoms with Crippen LogP contribution in [-0.4, -0.2) is 5.78 Å². The molecule has 0 fully saturated rings. The molecule has 0 N–H and O–H groups in total. The predicted octanol–water partition coefficient (Wildman–Crippen LogP) is 3.92. The molecule has 1 nitrogen and oxygen atoms in total. The zero-order valence-electron chi connectivity index (χ0n) is 10.1. The van der Waals surface area contributed by atoms with Crippen LogP contribution in [0.25, 0.3) is 0 Å². The SMILES string of the molecule is CCCC(C)C(=O)c1cc(C)ccc1C. The van der Waals surface area contributed by atoms with Crippen LogP contribution in [0.2, 0.25) is 0 Å². The molecular formula is C14H20O. The Bertz CT molecular complexity index is 352. The van der Waals surface area contributed by atoms with Crippen molar-refractivity contribution >= 4 is 5.78 Å². The number of ketones is 1. The van der Waals surface area contributed by atoms with Crippen LogP contribution in [0.4, 0.5) is 0 Å². The van der Waals surface area contributed by atoms with Crippen molar-refractivity contribution < 1.29 is 4.79 Å². The summed E-state index contributed by atoms with van der Waals surface area (Å²) in [6.45, 7) is 8.17. The average molecular weight is 204 g/mol. The molecule has 0 saturated carbocycles. The third-order valence-corrected chi connectivity index (χ3v) is 2.83. The van der Waals surface area contributed by atoms with Gasteiger partial charge in [-0.3, -0.25) is 4.79 Å². The lowest BCUT2D eigenvalue weighted by atomic mass is 9.92. The normalized spacial score (nSPS) is 12.5. The van der Waals surface area contributed by atoms with E-state index in [0.29, 0.717) is 0 Å². The molecule has 0 aliphatic heterocycles. The summed E-state index contributed by atoms with van der Waals surface area (Å²) in [5.74, 6) is 0.438. The van der Waals surface area contributed by atoms with Gasteiger partial charge in [0.05, 0.1) is 0 Å². The highest BCUT2D eigenvalue weighted by Gasteiger charge is 2.15. The standard InChI is InChI=1S/C14H20O/c1-5-6-12(4)14(15)13-9-10(2)7-8-11(13)3/h7-9,12H,5-6H2,1-4H3. The summed E-state index contributed by atoms with van der Waals surface area (Å²) in [4.78, 5) is 12.1. The van der Waals surface area contributed by atoms with Crippen molar-refractivity contribution in [3.05, 3.63) is 34.9 Å². The fourth-order valence-corrected chi connectivity index (χ4v) is 1.83. The molecule has 1 unspecified atom stereocenters. The maximum Gasteiger partial charge on any atom is 0.165 e. The number of rotatable bonds is 4. The number of carbonyl (C=O) groups excluding carboxylic acids is 1. The molecule has 0 aromatic heterocycles. The van der Waals surface area contributed by atoms with Gasteiger partial charge >= 0.3 is 0 Å². The zero-order valence-corrected chi connectivity index (χ0v) is 10.1. The van der Waals surface area contributed by atoms with Crippen LogP contribution < -0.4 is 0 Å². The van der Waals surface area contributed by atoms with E-state index in [-0.39, 0.29) is 11.7 Å². The van der Waals surface area contributed by atoms with Crippen molar-refractivity contribution in [1.82, 2.24) is 0 Å². The molecule has 1 heteroatoms. The summed E-state index contributed by atoms with van der Waals surface area (Å²) < 4.78 is 0. The second-order valence-electron chi connectivity index (χ2n) is 4.37. The second kappa shape index (κ2) is 5.11. The van der Waals surface area contributed by atoms with E-state index in [1.807, 2.05) is 32.9 Å². The summed E-state index contributed by atoms with van der Waals surface area (Å²) in [7, 11) is 0. The molecule has 82 valence electrons. The van der Waals surface area contributed by atoms with Crippen molar-refractivity contribution in [3.63, 3.8) is 0 Å². The van der Waals surface area contributed by atoms with Crippen molar-refractivity contribution in [2.75, 3.05) is 0 Å². The minimum absolute atomic E-state index is 0.149. The molecule has 0 radical (unpaired) electrons. The van der Waals surface area contributed by atoms with E-state index in [2.05, 4.69) is 13.0 Å². The molecule has 1 aromatic carbocycles. The Morgan fingerprint density at radius 3 is 2.60 bits per heavy atom. The highest BCUT2D eigenvalue weighted by Crippen LogP contribution is 2.18. The molecule has 0 heterocycles. The van der Waals surface area contributed by atoms with Gasteiger partial charge in [0, 0.05) is 11.5 Å². The van der Waals surface area contributed by atoms with Crippen LogP contribution in [0.5, 0.6) is 0 Å². The highest BCUT2D eigenvalue weighted by atomic mass is 16.1. The lowest BCUT2D eigenvalue weighted by molar-refractivity contribution is 0.0923. The lowest BCUT2D eigenvalue weighted by Crippen LogP contribution is -2.12. The number of hydrogen-bond donors (Lipinski definition) is 0. The van der Waals surface area contributed by atoms with Crippen LogP contribution in [-0.2, 0) is 0 Å². The number of hydrogen-bond acceptors (Lipinski definition) is 1. The van der Waals surface area contributed by atoms with Gasteiger partial charge in [0.25, 0.3) is 0 Å². The Hall–Kier alpha value is -1.11. The molecule has 0 aliphatic carbocycles. The van der Waals surface area contributed by atoms with Gasteiger partial charge in [0.2, 0.25) is 0 Å². The monoisotopic (exact) mass is 204 g/mol. The number of Topliss-reactive ketones (excluding diaryl/α,β-unsaturated/α-hetero) is 1. The van der Waals surface area contributed by atoms with E-state index in [0.717, 1.165) is 29.5 Å². The van der Waals surface area contributed by atoms with E-state index in [1.54, 1.807) is 0 Å². The quantitative estimate of drug-likeness (QED) is 0.679. The highest BCUT2D eigenvalue weighted by molar-refractivity contribution is 5.99. The van der Waals surface area contributed by atoms with Gasteiger partial charge in [-0.2, -0.15) is 0 Å². The fraction of sp³-hybridized carbons (Fsp3) is 0.500. The molecular weight excluding hydrogens is 184 g/mol. The second-order valence-corrected chi connectivity index (χ2v) is 4.37. The predicted molar refractivity (Wildman–Crippen MR) is 64.3 cm³/mol. The van der Waals surface area contributed by atoms with Gasteiger partial charge in [0.1, 0.15) is 0 Å². The summed E-state index contributed by atoms with van der Waals surface area (Å²) in [6, 6.07) is 6.08. The van der Waals surface area contributed by atoms with Crippen molar-refractivity contribution in [1.29, 1.82) is 0 Å². The van der Waals surface area contributed by atoms with Gasteiger partial charge < -0.3 is 0 Å². The molecule has 0 aliphatic rings. The van der Waals surface area contributed by atoms with E-state index < -0.39 is 0 Å². The largest absolute Gasteiger partial charge is 0.294 e. The van der Waals surface area contributed by atoms with Gasteiger partial charge in [-0.15, -0.1) is 0 Å². The molecule has 0 saturated heterocycles. The first-order valence-corrected chi connectivity index (χ1v) is 5.67. The fourth-order valence-electron chi connectivity index (χ4n) is 1.83. The van der Waals surface area contributed by atoms with Crippen LogP contribution in [0.15, 0.2) is 18.2 Å². The Balaban J connectivity index is 2.95. The van der Waals surface area contributed by atoms with Gasteiger partial charge in [-0.1, -0.05) is 38.0 Å². The van der Waals surface area contributed by atoms with Crippen LogP contribution >= 0.6 is 0 Å². The van der Waals surface area contributed by atoms with E-state index in [4.69, 9.17) is 0 Å². The van der Waals surface area contributed by atoms with Crippen LogP contribution in [0.3, 0.4) is 0 Å². The molecule has 1 atom stereocenters. The number of aryl methyl sites for hydroxylation is 2. The first kappa shape index (κ1) is 12.0. The van der Waals surface area contributed by atoms with Crippen molar-refractivity contribution in [3.8, 4) is 0 Å². The smallest absolute Gasteiger partial charge is 0.165 e. The Kier molecular flexibility index (Phi) is 4.07. The maximum absolute atomic E-state index is 12.1. The summed E-state index contributed by atoms with van der Waals surface area (Å²) in [5, 5.41) is 0. The third-order valence-electron chi connectivity index (χ3n) is 2.83. The third kappa shape index (κ3) is 2.92. The van der Waals surface area contributed by atoms with Gasteiger partial charge in [-0.05, 0) is 31.9 Å². The Labute approximate surface area is 92.5 Å². The summed E-state index contributed by atoms with van der Waals surface area (Å²) >= 11 is 0. The number of carbonyl (C=O) groups is 1. The maximum atomic E-state index is 12.1. The molecule has 1 rings (SSSR count). The van der Waals surface area contributed by atoms with Crippen LogP contribution in [0, 0.1) is 19.8 Å². The lowest BCUT2D eigenvalue weighted by Gasteiger charge is -2.11. The molecule has 1 aromatic rings. The molecule has 0 spiro atoms. The summed E-state index contributed by atoms with van der Waals surface area (Å²) in [6.07, 6.45) is 2.05. The van der Waals surface area contributed by atoms with Gasteiger partial charge in [-0.25, -0.2) is 0 Å². The minimum atomic E-state index is 0.149. The Morgan fingerprint density at radius 1 is 1.33 bits per heavy atom. The van der Waals surface area contributed by atoms with Gasteiger partial charge in [0.15, 0.2) is 5.78 Å². The minimum Gasteiger partial charge on any atom is -0.294 e. The molecule has 0 bridgehead atoms. The van der Waals surface area contributed by atoms with Crippen LogP contribution in [0.1, 0.15) is 48.2 Å². The molecule has 0 amide bonds. The molecule has 15 heavy (non-hydrogen) atoms. The van der Waals surface area contributed by atoms with E-state index in [9.17, 15) is 4.79 Å². The topological polar surface area (TPSA) is 17.1 Å².